The Kier molecular flexibility index (Phi) is 5.59. The van der Waals surface area contributed by atoms with E-state index in [1.165, 1.54) is 25.7 Å². The highest BCUT2D eigenvalue weighted by Crippen LogP contribution is 2.29. The molecule has 118 valence electrons. The van der Waals surface area contributed by atoms with Crippen LogP contribution in [0.3, 0.4) is 0 Å². The number of rotatable bonds is 6. The van der Waals surface area contributed by atoms with Crippen LogP contribution in [-0.2, 0) is 0 Å². The largest absolute Gasteiger partial charge is 0.461 e. The van der Waals surface area contributed by atoms with Crippen LogP contribution in [0.15, 0.2) is 0 Å². The maximum Gasteiger partial charge on any atom is 0.323 e. The summed E-state index contributed by atoms with van der Waals surface area (Å²) >= 11 is 0. The van der Waals surface area contributed by atoms with Gasteiger partial charge in [0.15, 0.2) is 0 Å². The molecule has 0 aliphatic heterocycles. The molecule has 0 saturated heterocycles. The molecule has 2 N–H and O–H groups in total. The molecule has 1 aliphatic rings. The van der Waals surface area contributed by atoms with Crippen LogP contribution in [-0.4, -0.2) is 34.6 Å². The molecule has 0 aromatic carbocycles. The molecular weight excluding hydrogens is 266 g/mol. The van der Waals surface area contributed by atoms with E-state index in [1.807, 2.05) is 13.8 Å². The van der Waals surface area contributed by atoms with E-state index in [9.17, 15) is 0 Å². The van der Waals surface area contributed by atoms with Crippen LogP contribution in [0.2, 0.25) is 0 Å². The number of aromatic nitrogens is 3. The van der Waals surface area contributed by atoms with E-state index in [2.05, 4.69) is 32.5 Å². The second-order valence-electron chi connectivity index (χ2n) is 6.08. The molecule has 21 heavy (non-hydrogen) atoms. The van der Waals surface area contributed by atoms with Crippen LogP contribution in [0.5, 0.6) is 6.01 Å². The quantitative estimate of drug-likeness (QED) is 0.840. The van der Waals surface area contributed by atoms with Gasteiger partial charge >= 0.3 is 6.01 Å². The third-order valence-corrected chi connectivity index (χ3v) is 3.99. The van der Waals surface area contributed by atoms with Crippen LogP contribution >= 0.6 is 0 Å². The van der Waals surface area contributed by atoms with Gasteiger partial charge in [-0.1, -0.05) is 26.2 Å². The summed E-state index contributed by atoms with van der Waals surface area (Å²) < 4.78 is 5.57. The van der Waals surface area contributed by atoms with Crippen molar-refractivity contribution in [2.75, 3.05) is 24.2 Å². The first-order chi connectivity index (χ1) is 10.1. The Morgan fingerprint density at radius 1 is 1.14 bits per heavy atom. The third kappa shape index (κ3) is 4.72. The summed E-state index contributed by atoms with van der Waals surface area (Å²) in [7, 11) is 1.79. The molecule has 1 aliphatic carbocycles. The van der Waals surface area contributed by atoms with Crippen molar-refractivity contribution < 1.29 is 4.74 Å². The summed E-state index contributed by atoms with van der Waals surface area (Å²) in [6.45, 7) is 7.17. The first-order valence-corrected chi connectivity index (χ1v) is 7.93. The normalized spacial score (nSPS) is 22.1. The van der Waals surface area contributed by atoms with Gasteiger partial charge in [0, 0.05) is 13.6 Å². The molecule has 2 atom stereocenters. The third-order valence-electron chi connectivity index (χ3n) is 3.99. The Balaban J connectivity index is 2.00. The van der Waals surface area contributed by atoms with Crippen LogP contribution in [0.1, 0.15) is 46.5 Å². The Bertz CT molecular complexity index is 452. The van der Waals surface area contributed by atoms with E-state index >= 15 is 0 Å². The summed E-state index contributed by atoms with van der Waals surface area (Å²) in [4.78, 5) is 12.9. The fraction of sp³-hybridized carbons (Fsp3) is 0.800. The zero-order chi connectivity index (χ0) is 15.2. The minimum absolute atomic E-state index is 0.0447. The Labute approximate surface area is 127 Å². The van der Waals surface area contributed by atoms with Crippen molar-refractivity contribution in [1.82, 2.24) is 15.0 Å². The minimum atomic E-state index is 0.0447. The Morgan fingerprint density at radius 2 is 1.86 bits per heavy atom. The van der Waals surface area contributed by atoms with Gasteiger partial charge in [0.2, 0.25) is 11.9 Å². The molecule has 1 fully saturated rings. The van der Waals surface area contributed by atoms with Gasteiger partial charge in [0.25, 0.3) is 0 Å². The van der Waals surface area contributed by atoms with E-state index in [4.69, 9.17) is 4.74 Å². The van der Waals surface area contributed by atoms with E-state index < -0.39 is 0 Å². The average molecular weight is 293 g/mol. The number of hydrogen-bond donors (Lipinski definition) is 2. The zero-order valence-electron chi connectivity index (χ0n) is 13.5. The molecule has 6 heteroatoms. The maximum atomic E-state index is 5.57. The lowest BCUT2D eigenvalue weighted by atomic mass is 9.80. The minimum Gasteiger partial charge on any atom is -0.461 e. The SMILES string of the molecule is CNc1nc(NCC2CCCCC2C)nc(OC(C)C)n1. The van der Waals surface area contributed by atoms with Crippen molar-refractivity contribution in [1.29, 1.82) is 0 Å². The standard InChI is InChI=1S/C15H27N5O/c1-10(2)21-15-19-13(16-4)18-14(20-15)17-9-12-8-6-5-7-11(12)3/h10-12H,5-9H2,1-4H3,(H2,16,17,18,19,20). The van der Waals surface area contributed by atoms with Gasteiger partial charge < -0.3 is 15.4 Å². The number of nitrogens with one attached hydrogen (secondary N) is 2. The van der Waals surface area contributed by atoms with Crippen molar-refractivity contribution in [3.05, 3.63) is 0 Å². The predicted octanol–water partition coefficient (Wildman–Crippen LogP) is 2.94. The zero-order valence-corrected chi connectivity index (χ0v) is 13.5. The lowest BCUT2D eigenvalue weighted by molar-refractivity contribution is 0.222. The topological polar surface area (TPSA) is 72.0 Å². The molecule has 2 rings (SSSR count). The van der Waals surface area contributed by atoms with Gasteiger partial charge in [-0.05, 0) is 32.1 Å². The summed E-state index contributed by atoms with van der Waals surface area (Å²) in [6, 6.07) is 0.364. The predicted molar refractivity (Wildman–Crippen MR) is 84.7 cm³/mol. The summed E-state index contributed by atoms with van der Waals surface area (Å²) in [5, 5.41) is 6.30. The smallest absolute Gasteiger partial charge is 0.323 e. The van der Waals surface area contributed by atoms with Gasteiger partial charge in [-0.2, -0.15) is 15.0 Å². The molecule has 0 spiro atoms. The lowest BCUT2D eigenvalue weighted by Crippen LogP contribution is -2.25. The number of anilines is 2. The molecule has 1 saturated carbocycles. The van der Waals surface area contributed by atoms with Crippen molar-refractivity contribution in [3.8, 4) is 6.01 Å². The number of ether oxygens (including phenoxy) is 1. The van der Waals surface area contributed by atoms with Crippen LogP contribution < -0.4 is 15.4 Å². The first kappa shape index (κ1) is 15.8. The molecule has 0 amide bonds. The second kappa shape index (κ2) is 7.43. The molecule has 2 unspecified atom stereocenters. The van der Waals surface area contributed by atoms with Crippen LogP contribution in [0.4, 0.5) is 11.9 Å². The Morgan fingerprint density at radius 3 is 2.52 bits per heavy atom. The van der Waals surface area contributed by atoms with Gasteiger partial charge in [-0.3, -0.25) is 0 Å². The van der Waals surface area contributed by atoms with Crippen molar-refractivity contribution in [2.24, 2.45) is 11.8 Å². The molecular formula is C15H27N5O. The molecule has 0 radical (unpaired) electrons. The Hall–Kier alpha value is -1.59. The van der Waals surface area contributed by atoms with Gasteiger partial charge in [0.05, 0.1) is 6.10 Å². The summed E-state index contributed by atoms with van der Waals surface area (Å²) in [5.74, 6) is 2.58. The van der Waals surface area contributed by atoms with Crippen molar-refractivity contribution >= 4 is 11.9 Å². The van der Waals surface area contributed by atoms with Crippen molar-refractivity contribution in [2.45, 2.75) is 52.6 Å². The molecule has 1 heterocycles. The summed E-state index contributed by atoms with van der Waals surface area (Å²) in [6.07, 6.45) is 5.35. The van der Waals surface area contributed by atoms with Gasteiger partial charge in [-0.15, -0.1) is 0 Å². The lowest BCUT2D eigenvalue weighted by Gasteiger charge is -2.28. The monoisotopic (exact) mass is 293 g/mol. The van der Waals surface area contributed by atoms with Gasteiger partial charge in [-0.25, -0.2) is 0 Å². The fourth-order valence-corrected chi connectivity index (χ4v) is 2.73. The molecule has 1 aromatic heterocycles. The molecule has 6 nitrogen and oxygen atoms in total. The fourth-order valence-electron chi connectivity index (χ4n) is 2.73. The van der Waals surface area contributed by atoms with E-state index in [1.54, 1.807) is 7.05 Å². The highest BCUT2D eigenvalue weighted by atomic mass is 16.5. The number of hydrogen-bond acceptors (Lipinski definition) is 6. The first-order valence-electron chi connectivity index (χ1n) is 7.93. The van der Waals surface area contributed by atoms with Gasteiger partial charge in [0.1, 0.15) is 0 Å². The van der Waals surface area contributed by atoms with Crippen LogP contribution in [0.25, 0.3) is 0 Å². The molecule has 0 bridgehead atoms. The highest BCUT2D eigenvalue weighted by Gasteiger charge is 2.21. The maximum absolute atomic E-state index is 5.57. The highest BCUT2D eigenvalue weighted by molar-refractivity contribution is 5.35. The summed E-state index contributed by atoms with van der Waals surface area (Å²) in [5.41, 5.74) is 0. The molecule has 1 aromatic rings. The van der Waals surface area contributed by atoms with E-state index in [-0.39, 0.29) is 6.10 Å². The van der Waals surface area contributed by atoms with E-state index in [0.29, 0.717) is 23.8 Å². The van der Waals surface area contributed by atoms with E-state index in [0.717, 1.165) is 12.5 Å². The average Bonchev–Trinajstić information content (AvgIpc) is 2.45. The second-order valence-corrected chi connectivity index (χ2v) is 6.08. The van der Waals surface area contributed by atoms with Crippen molar-refractivity contribution in [3.63, 3.8) is 0 Å². The van der Waals surface area contributed by atoms with Crippen LogP contribution in [0, 0.1) is 11.8 Å². The number of nitrogens with zero attached hydrogens (tertiary/aromatic N) is 3.